The molecule has 0 amide bonds. The van der Waals surface area contributed by atoms with E-state index in [9.17, 15) is 9.59 Å². The quantitative estimate of drug-likeness (QED) is 0.797. The van der Waals surface area contributed by atoms with E-state index >= 15 is 0 Å². The van der Waals surface area contributed by atoms with Gasteiger partial charge in [-0.2, -0.15) is 0 Å². The molecule has 1 aromatic carbocycles. The number of aromatic nitrogens is 1. The fourth-order valence-electron chi connectivity index (χ4n) is 4.08. The van der Waals surface area contributed by atoms with Gasteiger partial charge >= 0.3 is 5.97 Å². The molecule has 6 heteroatoms. The first-order chi connectivity index (χ1) is 13.0. The van der Waals surface area contributed by atoms with Crippen LogP contribution in [-0.4, -0.2) is 36.1 Å². The molecule has 1 aliphatic heterocycles. The largest absolute Gasteiger partial charge is 0.458 e. The lowest BCUT2D eigenvalue weighted by Crippen LogP contribution is -2.19. The summed E-state index contributed by atoms with van der Waals surface area (Å²) >= 11 is 6.32. The van der Waals surface area contributed by atoms with Crippen LogP contribution in [0.15, 0.2) is 24.3 Å². The van der Waals surface area contributed by atoms with Crippen molar-refractivity contribution in [1.82, 2.24) is 4.98 Å². The predicted molar refractivity (Wildman–Crippen MR) is 102 cm³/mol. The average molecular weight is 388 g/mol. The number of H-pyrrole nitrogens is 1. The average Bonchev–Trinajstić information content (AvgIpc) is 3.28. The lowest BCUT2D eigenvalue weighted by Gasteiger charge is -2.22. The van der Waals surface area contributed by atoms with E-state index in [0.717, 1.165) is 30.7 Å². The molecule has 0 unspecified atom stereocenters. The van der Waals surface area contributed by atoms with Crippen molar-refractivity contribution in [3.05, 3.63) is 57.4 Å². The molecule has 2 atom stereocenters. The lowest BCUT2D eigenvalue weighted by molar-refractivity contribution is 0.0156. The Kier molecular flexibility index (Phi) is 5.06. The van der Waals surface area contributed by atoms with Crippen molar-refractivity contribution in [2.75, 3.05) is 13.2 Å². The zero-order valence-corrected chi connectivity index (χ0v) is 16.0. The van der Waals surface area contributed by atoms with E-state index < -0.39 is 5.97 Å². The van der Waals surface area contributed by atoms with E-state index in [1.54, 1.807) is 6.92 Å². The van der Waals surface area contributed by atoms with Crippen LogP contribution in [0.3, 0.4) is 0 Å². The Morgan fingerprint density at radius 3 is 2.89 bits per heavy atom. The van der Waals surface area contributed by atoms with E-state index in [4.69, 9.17) is 21.1 Å². The zero-order valence-electron chi connectivity index (χ0n) is 15.2. The van der Waals surface area contributed by atoms with Gasteiger partial charge in [-0.15, -0.1) is 0 Å². The van der Waals surface area contributed by atoms with Gasteiger partial charge in [0.05, 0.1) is 6.10 Å². The Morgan fingerprint density at radius 1 is 1.33 bits per heavy atom. The number of hydrogen-bond donors (Lipinski definition) is 1. The highest BCUT2D eigenvalue weighted by Gasteiger charge is 2.33. The van der Waals surface area contributed by atoms with Crippen molar-refractivity contribution in [1.29, 1.82) is 0 Å². The number of hydrogen-bond acceptors (Lipinski definition) is 4. The Bertz CT molecular complexity index is 882. The second kappa shape index (κ2) is 7.49. The molecule has 4 rings (SSSR count). The molecule has 0 spiro atoms. The van der Waals surface area contributed by atoms with Gasteiger partial charge in [0.1, 0.15) is 12.3 Å². The number of halogens is 1. The molecule has 2 aromatic rings. The van der Waals surface area contributed by atoms with Crippen LogP contribution < -0.4 is 0 Å². The van der Waals surface area contributed by atoms with Gasteiger partial charge in [-0.25, -0.2) is 4.79 Å². The third-order valence-electron chi connectivity index (χ3n) is 5.46. The molecule has 0 radical (unpaired) electrons. The van der Waals surface area contributed by atoms with E-state index in [-0.39, 0.29) is 24.4 Å². The van der Waals surface area contributed by atoms with Crippen molar-refractivity contribution in [3.63, 3.8) is 0 Å². The Hall–Kier alpha value is -2.11. The zero-order chi connectivity index (χ0) is 19.0. The van der Waals surface area contributed by atoms with Gasteiger partial charge in [-0.05, 0) is 49.3 Å². The first-order valence-electron chi connectivity index (χ1n) is 9.32. The minimum atomic E-state index is -0.431. The molecule has 27 heavy (non-hydrogen) atoms. The van der Waals surface area contributed by atoms with Crippen molar-refractivity contribution in [2.45, 2.75) is 44.6 Å². The van der Waals surface area contributed by atoms with Crippen LogP contribution in [0.1, 0.15) is 62.8 Å². The number of aromatic amines is 1. The first kappa shape index (κ1) is 18.3. The van der Waals surface area contributed by atoms with E-state index in [1.807, 2.05) is 24.3 Å². The maximum absolute atomic E-state index is 12.8. The van der Waals surface area contributed by atoms with Gasteiger partial charge in [-0.1, -0.05) is 29.8 Å². The third-order valence-corrected chi connectivity index (χ3v) is 5.81. The molecule has 0 bridgehead atoms. The summed E-state index contributed by atoms with van der Waals surface area (Å²) in [5.74, 6) is -0.389. The maximum atomic E-state index is 12.8. The number of carbonyl (C=O) groups is 2. The predicted octanol–water partition coefficient (Wildman–Crippen LogP) is 4.23. The van der Waals surface area contributed by atoms with Crippen LogP contribution in [0.5, 0.6) is 0 Å². The minimum Gasteiger partial charge on any atom is -0.458 e. The molecule has 1 aliphatic carbocycles. The Morgan fingerprint density at radius 2 is 2.15 bits per heavy atom. The third kappa shape index (κ3) is 3.54. The van der Waals surface area contributed by atoms with Crippen LogP contribution in [0, 0.1) is 6.92 Å². The van der Waals surface area contributed by atoms with Crippen LogP contribution in [-0.2, 0) is 15.9 Å². The number of rotatable bonds is 4. The van der Waals surface area contributed by atoms with Crippen LogP contribution in [0.2, 0.25) is 5.02 Å². The second-order valence-electron chi connectivity index (χ2n) is 7.26. The molecule has 1 aromatic heterocycles. The summed E-state index contributed by atoms with van der Waals surface area (Å²) < 4.78 is 10.9. The van der Waals surface area contributed by atoms with Crippen molar-refractivity contribution in [3.8, 4) is 0 Å². The maximum Gasteiger partial charge on any atom is 0.355 e. The topological polar surface area (TPSA) is 68.4 Å². The normalized spacial score (nSPS) is 21.9. The summed E-state index contributed by atoms with van der Waals surface area (Å²) in [6.45, 7) is 2.76. The number of Topliss-reactive ketones (excluding diaryl/α,β-unsaturated/α-hetero) is 1. The molecule has 1 fully saturated rings. The summed E-state index contributed by atoms with van der Waals surface area (Å²) in [7, 11) is 0. The number of ketones is 1. The minimum absolute atomic E-state index is 0.00695. The fraction of sp³-hybridized carbons (Fsp3) is 0.429. The van der Waals surface area contributed by atoms with Crippen LogP contribution in [0.4, 0.5) is 0 Å². The Balaban J connectivity index is 1.55. The number of fused-ring (bicyclic) bond motifs is 1. The molecular formula is C21H22ClNO4. The standard InChI is InChI=1S/C21H22ClNO4/c1-12-19-17(23-20(12)21(25)27-11-14-5-4-8-26-14)9-13(10-18(19)24)15-6-2-3-7-16(15)22/h2-3,6-7,13-14,23H,4-5,8-11H2,1H3/t13-,14+/m0/s1. The molecule has 0 saturated carbocycles. The van der Waals surface area contributed by atoms with E-state index in [1.165, 1.54) is 0 Å². The highest BCUT2D eigenvalue weighted by atomic mass is 35.5. The van der Waals surface area contributed by atoms with Crippen molar-refractivity contribution < 1.29 is 19.1 Å². The number of ether oxygens (including phenoxy) is 2. The number of esters is 1. The van der Waals surface area contributed by atoms with Gasteiger partial charge in [0.25, 0.3) is 0 Å². The summed E-state index contributed by atoms with van der Waals surface area (Å²) in [6.07, 6.45) is 2.91. The van der Waals surface area contributed by atoms with Crippen LogP contribution >= 0.6 is 11.6 Å². The molecule has 2 aliphatic rings. The molecular weight excluding hydrogens is 366 g/mol. The summed E-state index contributed by atoms with van der Waals surface area (Å²) in [6, 6.07) is 7.60. The Labute approximate surface area is 163 Å². The van der Waals surface area contributed by atoms with E-state index in [0.29, 0.717) is 34.7 Å². The summed E-state index contributed by atoms with van der Waals surface area (Å²) in [5, 5.41) is 0.665. The number of nitrogens with one attached hydrogen (secondary N) is 1. The SMILES string of the molecule is Cc1c(C(=O)OC[C@H]2CCCO2)[nH]c2c1C(=O)C[C@@H](c1ccccc1Cl)C2. The van der Waals surface area contributed by atoms with Gasteiger partial charge in [0, 0.05) is 29.3 Å². The fourth-order valence-corrected chi connectivity index (χ4v) is 4.37. The molecule has 1 N–H and O–H groups in total. The smallest absolute Gasteiger partial charge is 0.355 e. The van der Waals surface area contributed by atoms with Gasteiger partial charge in [0.2, 0.25) is 0 Å². The second-order valence-corrected chi connectivity index (χ2v) is 7.67. The van der Waals surface area contributed by atoms with Crippen molar-refractivity contribution >= 4 is 23.4 Å². The lowest BCUT2D eigenvalue weighted by atomic mass is 9.81. The monoisotopic (exact) mass is 387 g/mol. The molecule has 142 valence electrons. The van der Waals surface area contributed by atoms with Crippen molar-refractivity contribution in [2.24, 2.45) is 0 Å². The van der Waals surface area contributed by atoms with Crippen LogP contribution in [0.25, 0.3) is 0 Å². The highest BCUT2D eigenvalue weighted by molar-refractivity contribution is 6.31. The highest BCUT2D eigenvalue weighted by Crippen LogP contribution is 2.37. The molecule has 1 saturated heterocycles. The summed E-state index contributed by atoms with van der Waals surface area (Å²) in [5.41, 5.74) is 3.42. The first-order valence-corrected chi connectivity index (χ1v) is 9.70. The number of carbonyl (C=O) groups excluding carboxylic acids is 2. The van der Waals surface area contributed by atoms with Gasteiger partial charge in [0.15, 0.2) is 5.78 Å². The molecule has 2 heterocycles. The van der Waals surface area contributed by atoms with E-state index in [2.05, 4.69) is 4.98 Å². The molecule has 5 nitrogen and oxygen atoms in total. The van der Waals surface area contributed by atoms with Gasteiger partial charge in [-0.3, -0.25) is 4.79 Å². The summed E-state index contributed by atoms with van der Waals surface area (Å²) in [4.78, 5) is 28.4. The number of benzene rings is 1. The van der Waals surface area contributed by atoms with Gasteiger partial charge < -0.3 is 14.5 Å².